The zero-order chi connectivity index (χ0) is 19.6. The normalized spacial score (nSPS) is 19.2. The molecule has 0 spiro atoms. The van der Waals surface area contributed by atoms with Gasteiger partial charge in [0.25, 0.3) is 0 Å². The fourth-order valence-corrected chi connectivity index (χ4v) is 3.26. The fourth-order valence-electron chi connectivity index (χ4n) is 3.26. The van der Waals surface area contributed by atoms with Gasteiger partial charge in [-0.05, 0) is 64.7 Å². The van der Waals surface area contributed by atoms with Crippen LogP contribution in [-0.2, 0) is 9.53 Å². The highest BCUT2D eigenvalue weighted by Crippen LogP contribution is 2.33. The summed E-state index contributed by atoms with van der Waals surface area (Å²) in [6.45, 7) is 14.0. The van der Waals surface area contributed by atoms with Crippen molar-refractivity contribution >= 4 is 17.2 Å². The van der Waals surface area contributed by atoms with Crippen molar-refractivity contribution in [2.24, 2.45) is 11.7 Å². The van der Waals surface area contributed by atoms with Gasteiger partial charge in [-0.15, -0.1) is 0 Å². The lowest BCUT2D eigenvalue weighted by atomic mass is 10.0. The van der Waals surface area contributed by atoms with Gasteiger partial charge in [-0.3, -0.25) is 4.79 Å². The van der Waals surface area contributed by atoms with Gasteiger partial charge in [-0.2, -0.15) is 0 Å². The number of carbonyl (C=O) groups is 1. The van der Waals surface area contributed by atoms with Crippen molar-refractivity contribution in [1.82, 2.24) is 0 Å². The number of benzene rings is 1. The van der Waals surface area contributed by atoms with E-state index in [0.29, 0.717) is 34.3 Å². The van der Waals surface area contributed by atoms with E-state index in [4.69, 9.17) is 10.5 Å². The maximum Gasteiger partial charge on any atom is 0.159 e. The number of ketones is 1. The summed E-state index contributed by atoms with van der Waals surface area (Å²) in [4.78, 5) is 13.9. The van der Waals surface area contributed by atoms with Crippen molar-refractivity contribution in [1.29, 1.82) is 0 Å². The number of hydrogen-bond acceptors (Lipinski definition) is 4. The average molecular weight is 360 g/mol. The minimum Gasteiger partial charge on any atom is -0.462 e. The van der Waals surface area contributed by atoms with Crippen LogP contribution in [0.2, 0.25) is 0 Å². The Morgan fingerprint density at radius 1 is 1.38 bits per heavy atom. The molecule has 0 aromatic heterocycles. The molecule has 2 atom stereocenters. The first kappa shape index (κ1) is 20.2. The quantitative estimate of drug-likeness (QED) is 0.611. The second kappa shape index (κ2) is 8.04. The summed E-state index contributed by atoms with van der Waals surface area (Å²) in [5.41, 5.74) is 8.44. The van der Waals surface area contributed by atoms with Crippen LogP contribution in [0, 0.1) is 18.7 Å². The third-order valence-corrected chi connectivity index (χ3v) is 4.99. The molecule has 1 aromatic rings. The van der Waals surface area contributed by atoms with E-state index in [1.807, 2.05) is 24.8 Å². The lowest BCUT2D eigenvalue weighted by molar-refractivity contribution is -0.113. The minimum atomic E-state index is -0.324. The first-order valence-corrected chi connectivity index (χ1v) is 8.98. The summed E-state index contributed by atoms with van der Waals surface area (Å²) in [6.07, 6.45) is 0.964. The van der Waals surface area contributed by atoms with E-state index in [1.165, 1.54) is 13.0 Å². The highest BCUT2D eigenvalue weighted by molar-refractivity contribution is 5.99. The average Bonchev–Trinajstić information content (AvgIpc) is 3.03. The zero-order valence-electron chi connectivity index (χ0n) is 16.4. The van der Waals surface area contributed by atoms with Crippen LogP contribution in [0.3, 0.4) is 0 Å². The lowest BCUT2D eigenvalue weighted by Gasteiger charge is -2.23. The molecule has 0 radical (unpaired) electrons. The molecule has 5 heteroatoms. The summed E-state index contributed by atoms with van der Waals surface area (Å²) in [6, 6.07) is 3.37. The molecule has 2 rings (SSSR count). The van der Waals surface area contributed by atoms with E-state index in [1.54, 1.807) is 13.8 Å². The van der Waals surface area contributed by atoms with E-state index in [-0.39, 0.29) is 17.6 Å². The number of carbonyl (C=O) groups excluding carboxylic acids is 1. The molecule has 1 saturated heterocycles. The highest BCUT2D eigenvalue weighted by atomic mass is 19.1. The second-order valence-corrected chi connectivity index (χ2v) is 7.29. The number of nitrogens with zero attached hydrogens (tertiary/aromatic N) is 1. The van der Waals surface area contributed by atoms with Crippen molar-refractivity contribution in [3.63, 3.8) is 0 Å². The van der Waals surface area contributed by atoms with Crippen molar-refractivity contribution in [3.05, 3.63) is 47.0 Å². The van der Waals surface area contributed by atoms with Crippen LogP contribution >= 0.6 is 0 Å². The van der Waals surface area contributed by atoms with Gasteiger partial charge < -0.3 is 15.4 Å². The first-order chi connectivity index (χ1) is 12.1. The molecule has 26 heavy (non-hydrogen) atoms. The number of nitrogens with two attached hydrogens (primary N) is 1. The van der Waals surface area contributed by atoms with Crippen molar-refractivity contribution in [2.45, 2.75) is 47.1 Å². The van der Waals surface area contributed by atoms with E-state index in [2.05, 4.69) is 6.58 Å². The molecule has 1 aromatic carbocycles. The van der Waals surface area contributed by atoms with Gasteiger partial charge in [-0.25, -0.2) is 4.39 Å². The molecule has 4 nitrogen and oxygen atoms in total. The van der Waals surface area contributed by atoms with Crippen LogP contribution in [-0.4, -0.2) is 24.9 Å². The maximum atomic E-state index is 14.9. The monoisotopic (exact) mass is 360 g/mol. The van der Waals surface area contributed by atoms with E-state index in [9.17, 15) is 9.18 Å². The molecular formula is C21H29FN2O2. The lowest BCUT2D eigenvalue weighted by Crippen LogP contribution is -2.30. The number of rotatable bonds is 6. The predicted molar refractivity (Wildman–Crippen MR) is 104 cm³/mol. The number of aryl methyl sites for hydroxylation is 1. The van der Waals surface area contributed by atoms with E-state index >= 15 is 0 Å². The molecule has 1 aliphatic rings. The highest BCUT2D eigenvalue weighted by Gasteiger charge is 2.28. The standard InChI is InChI=1S/C21H29FN2O2/c1-12(2)26-21(14(4)16(6)25)18-10-19(22)20(9-13(18)3)24-8-7-17(11-24)15(5)23/h9-10,15,17H,1,7-8,11,23H2,2-6H3/b21-14+. The number of ether oxygens (including phenoxy) is 1. The summed E-state index contributed by atoms with van der Waals surface area (Å²) < 4.78 is 20.6. The third kappa shape index (κ3) is 4.33. The Morgan fingerprint density at radius 2 is 2.04 bits per heavy atom. The van der Waals surface area contributed by atoms with E-state index < -0.39 is 0 Å². The van der Waals surface area contributed by atoms with Crippen LogP contribution < -0.4 is 10.6 Å². The fraction of sp³-hybridized carbons (Fsp3) is 0.476. The minimum absolute atomic E-state index is 0.0974. The third-order valence-electron chi connectivity index (χ3n) is 4.99. The molecule has 1 aliphatic heterocycles. The SMILES string of the molecule is C=C(C)O/C(=C(\C)C(C)=O)c1cc(F)c(N2CCC(C(C)N)C2)cc1C. The molecule has 0 bridgehead atoms. The molecule has 2 N–H and O–H groups in total. The van der Waals surface area contributed by atoms with Gasteiger partial charge in [-0.1, -0.05) is 6.58 Å². The Labute approximate surface area is 155 Å². The number of hydrogen-bond donors (Lipinski definition) is 1. The van der Waals surface area contributed by atoms with Gasteiger partial charge in [0.15, 0.2) is 5.78 Å². The Balaban J connectivity index is 2.44. The number of allylic oxidation sites excluding steroid dienone is 2. The molecule has 0 amide bonds. The maximum absolute atomic E-state index is 14.9. The molecule has 1 heterocycles. The van der Waals surface area contributed by atoms with Crippen molar-refractivity contribution < 1.29 is 13.9 Å². The topological polar surface area (TPSA) is 55.6 Å². The summed E-state index contributed by atoms with van der Waals surface area (Å²) in [5, 5.41) is 0. The van der Waals surface area contributed by atoms with Crippen LogP contribution in [0.25, 0.3) is 5.76 Å². The summed E-state index contributed by atoms with van der Waals surface area (Å²) in [7, 11) is 0. The van der Waals surface area contributed by atoms with Crippen molar-refractivity contribution in [2.75, 3.05) is 18.0 Å². The Hall–Kier alpha value is -2.14. The molecule has 0 aliphatic carbocycles. The van der Waals surface area contributed by atoms with Gasteiger partial charge in [0.05, 0.1) is 11.4 Å². The number of Topliss-reactive ketones (excluding diaryl/α,β-unsaturated/α-hetero) is 1. The first-order valence-electron chi connectivity index (χ1n) is 8.98. The van der Waals surface area contributed by atoms with Crippen LogP contribution in [0.1, 0.15) is 45.2 Å². The molecule has 1 fully saturated rings. The molecular weight excluding hydrogens is 331 g/mol. The largest absolute Gasteiger partial charge is 0.462 e. The predicted octanol–water partition coefficient (Wildman–Crippen LogP) is 4.18. The van der Waals surface area contributed by atoms with Gasteiger partial charge in [0.2, 0.25) is 0 Å². The van der Waals surface area contributed by atoms with Crippen LogP contribution in [0.15, 0.2) is 30.0 Å². The Kier molecular flexibility index (Phi) is 6.24. The van der Waals surface area contributed by atoms with E-state index in [0.717, 1.165) is 25.1 Å². The smallest absolute Gasteiger partial charge is 0.159 e. The Bertz CT molecular complexity index is 753. The molecule has 0 saturated carbocycles. The van der Waals surface area contributed by atoms with Gasteiger partial charge >= 0.3 is 0 Å². The van der Waals surface area contributed by atoms with Crippen LogP contribution in [0.4, 0.5) is 10.1 Å². The van der Waals surface area contributed by atoms with Crippen molar-refractivity contribution in [3.8, 4) is 0 Å². The Morgan fingerprint density at radius 3 is 2.54 bits per heavy atom. The zero-order valence-corrected chi connectivity index (χ0v) is 16.4. The van der Waals surface area contributed by atoms with Gasteiger partial charge in [0.1, 0.15) is 11.6 Å². The number of anilines is 1. The van der Waals surface area contributed by atoms with Crippen LogP contribution in [0.5, 0.6) is 0 Å². The summed E-state index contributed by atoms with van der Waals surface area (Å²) >= 11 is 0. The number of halogens is 1. The summed E-state index contributed by atoms with van der Waals surface area (Å²) in [5.74, 6) is 0.739. The molecule has 2 unspecified atom stereocenters. The molecule has 142 valence electrons. The second-order valence-electron chi connectivity index (χ2n) is 7.29. The van der Waals surface area contributed by atoms with Gasteiger partial charge in [0, 0.05) is 30.3 Å².